The maximum absolute atomic E-state index is 9.23. The van der Waals surface area contributed by atoms with Gasteiger partial charge in [0.25, 0.3) is 0 Å². The number of hydrogen-bond donors (Lipinski definition) is 2. The third-order valence-corrected chi connectivity index (χ3v) is 2.47. The van der Waals surface area contributed by atoms with Crippen LogP contribution in [-0.2, 0) is 12.3 Å². The Bertz CT molecular complexity index is 308. The van der Waals surface area contributed by atoms with Gasteiger partial charge in [0.05, 0.1) is 25.0 Å². The van der Waals surface area contributed by atoms with E-state index in [2.05, 4.69) is 10.1 Å². The molecule has 92 valence electrons. The number of likely N-dealkylation sites (N-methyl/N-ethyl adjacent to an activating group) is 1. The Kier molecular flexibility index (Phi) is 5.75. The molecule has 1 aromatic rings. The quantitative estimate of drug-likeness (QED) is 0.685. The monoisotopic (exact) mass is 247 g/mol. The van der Waals surface area contributed by atoms with Crippen LogP contribution in [0.15, 0.2) is 4.52 Å². The molecule has 0 bridgehead atoms. The molecule has 1 rings (SSSR count). The summed E-state index contributed by atoms with van der Waals surface area (Å²) in [7, 11) is 1.82. The van der Waals surface area contributed by atoms with Gasteiger partial charge in [-0.25, -0.2) is 0 Å². The number of aromatic nitrogens is 2. The Labute approximate surface area is 98.6 Å². The van der Waals surface area contributed by atoms with Crippen molar-refractivity contribution >= 4 is 11.8 Å². The Balaban J connectivity index is 2.40. The molecule has 0 spiro atoms. The Morgan fingerprint density at radius 2 is 2.31 bits per heavy atom. The highest BCUT2D eigenvalue weighted by Gasteiger charge is 2.11. The topological polar surface area (TPSA) is 82.6 Å². The van der Waals surface area contributed by atoms with E-state index in [1.165, 1.54) is 0 Å². The zero-order valence-electron chi connectivity index (χ0n) is 9.46. The maximum atomic E-state index is 9.23. The van der Waals surface area contributed by atoms with Gasteiger partial charge in [-0.2, -0.15) is 16.7 Å². The molecule has 1 heterocycles. The van der Waals surface area contributed by atoms with Crippen molar-refractivity contribution in [1.29, 1.82) is 0 Å². The maximum Gasteiger partial charge on any atom is 0.240 e. The molecule has 6 nitrogen and oxygen atoms in total. The van der Waals surface area contributed by atoms with Gasteiger partial charge in [0.1, 0.15) is 0 Å². The number of aliphatic hydroxyl groups excluding tert-OH is 2. The van der Waals surface area contributed by atoms with Crippen molar-refractivity contribution in [3.05, 3.63) is 11.7 Å². The van der Waals surface area contributed by atoms with Gasteiger partial charge in [0, 0.05) is 6.54 Å². The van der Waals surface area contributed by atoms with Crippen molar-refractivity contribution in [2.24, 2.45) is 0 Å². The lowest BCUT2D eigenvalue weighted by Gasteiger charge is -2.16. The molecule has 0 radical (unpaired) electrons. The molecular formula is C9H17N3O3S. The second-order valence-corrected chi connectivity index (χ2v) is 4.44. The Hall–Kier alpha value is -0.630. The minimum absolute atomic E-state index is 0.244. The molecule has 1 aromatic heterocycles. The molecule has 0 saturated heterocycles. The van der Waals surface area contributed by atoms with Crippen LogP contribution in [0.3, 0.4) is 0 Å². The van der Waals surface area contributed by atoms with E-state index in [0.29, 0.717) is 24.8 Å². The molecule has 0 aliphatic rings. The summed E-state index contributed by atoms with van der Waals surface area (Å²) >= 11 is 1.63. The van der Waals surface area contributed by atoms with Crippen LogP contribution < -0.4 is 0 Å². The molecule has 0 aromatic carbocycles. The first kappa shape index (κ1) is 13.4. The summed E-state index contributed by atoms with van der Waals surface area (Å²) in [5.41, 5.74) is 0. The van der Waals surface area contributed by atoms with E-state index in [0.717, 1.165) is 5.75 Å². The van der Waals surface area contributed by atoms with Crippen molar-refractivity contribution < 1.29 is 14.7 Å². The molecule has 0 fully saturated rings. The Morgan fingerprint density at radius 1 is 1.56 bits per heavy atom. The minimum Gasteiger partial charge on any atom is -0.394 e. The van der Waals surface area contributed by atoms with Crippen LogP contribution in [0, 0.1) is 0 Å². The van der Waals surface area contributed by atoms with E-state index in [4.69, 9.17) is 9.63 Å². The van der Waals surface area contributed by atoms with Crippen molar-refractivity contribution in [3.8, 4) is 0 Å². The molecule has 0 saturated carbocycles. The van der Waals surface area contributed by atoms with Crippen LogP contribution >= 0.6 is 11.8 Å². The summed E-state index contributed by atoms with van der Waals surface area (Å²) in [6.07, 6.45) is 1.23. The van der Waals surface area contributed by atoms with Crippen LogP contribution in [0.5, 0.6) is 0 Å². The van der Waals surface area contributed by atoms with Crippen molar-refractivity contribution in [1.82, 2.24) is 15.0 Å². The SMILES string of the molecule is CSCc1noc(CN(C)C[C@@H](O)CO)n1. The summed E-state index contributed by atoms with van der Waals surface area (Å²) in [6, 6.07) is 0. The lowest BCUT2D eigenvalue weighted by atomic mass is 10.3. The first-order valence-electron chi connectivity index (χ1n) is 4.93. The van der Waals surface area contributed by atoms with E-state index in [-0.39, 0.29) is 6.61 Å². The van der Waals surface area contributed by atoms with E-state index in [9.17, 15) is 5.11 Å². The zero-order valence-corrected chi connectivity index (χ0v) is 10.3. The molecule has 0 unspecified atom stereocenters. The molecule has 1 atom stereocenters. The lowest BCUT2D eigenvalue weighted by molar-refractivity contribution is 0.0621. The molecular weight excluding hydrogens is 230 g/mol. The average molecular weight is 247 g/mol. The third-order valence-electron chi connectivity index (χ3n) is 1.92. The molecule has 2 N–H and O–H groups in total. The van der Waals surface area contributed by atoms with Gasteiger partial charge in [-0.15, -0.1) is 0 Å². The fourth-order valence-electron chi connectivity index (χ4n) is 1.26. The van der Waals surface area contributed by atoms with Gasteiger partial charge in [0.15, 0.2) is 5.82 Å². The lowest BCUT2D eigenvalue weighted by Crippen LogP contribution is -2.31. The molecule has 7 heteroatoms. The van der Waals surface area contributed by atoms with Crippen molar-refractivity contribution in [3.63, 3.8) is 0 Å². The molecule has 0 aliphatic carbocycles. The van der Waals surface area contributed by atoms with Crippen LogP contribution in [0.25, 0.3) is 0 Å². The largest absolute Gasteiger partial charge is 0.394 e. The molecule has 0 aliphatic heterocycles. The number of aliphatic hydroxyl groups is 2. The highest BCUT2D eigenvalue weighted by molar-refractivity contribution is 7.97. The summed E-state index contributed by atoms with van der Waals surface area (Å²) in [6.45, 7) is 0.598. The van der Waals surface area contributed by atoms with Crippen LogP contribution in [0.4, 0.5) is 0 Å². The van der Waals surface area contributed by atoms with E-state index >= 15 is 0 Å². The van der Waals surface area contributed by atoms with Crippen LogP contribution in [0.1, 0.15) is 11.7 Å². The predicted molar refractivity (Wildman–Crippen MR) is 60.9 cm³/mol. The van der Waals surface area contributed by atoms with Crippen molar-refractivity contribution in [2.75, 3.05) is 26.5 Å². The standard InChI is InChI=1S/C9H17N3O3S/c1-12(3-7(14)5-13)4-9-10-8(6-16-2)11-15-9/h7,13-14H,3-6H2,1-2H3/t7-/m1/s1. The summed E-state index contributed by atoms with van der Waals surface area (Å²) in [5.74, 6) is 1.93. The van der Waals surface area contributed by atoms with Crippen LogP contribution in [0.2, 0.25) is 0 Å². The van der Waals surface area contributed by atoms with Gasteiger partial charge >= 0.3 is 0 Å². The highest BCUT2D eigenvalue weighted by atomic mass is 32.2. The first-order chi connectivity index (χ1) is 7.65. The normalized spacial score (nSPS) is 13.3. The predicted octanol–water partition coefficient (Wildman–Crippen LogP) is -0.282. The highest BCUT2D eigenvalue weighted by Crippen LogP contribution is 2.07. The first-order valence-corrected chi connectivity index (χ1v) is 6.33. The minimum atomic E-state index is -0.737. The van der Waals surface area contributed by atoms with E-state index in [1.807, 2.05) is 18.2 Å². The molecule has 0 amide bonds. The summed E-state index contributed by atoms with van der Waals surface area (Å²) in [5, 5.41) is 21.7. The average Bonchev–Trinajstić information content (AvgIpc) is 2.65. The van der Waals surface area contributed by atoms with Crippen LogP contribution in [-0.4, -0.2) is 57.8 Å². The molecule has 16 heavy (non-hydrogen) atoms. The Morgan fingerprint density at radius 3 is 2.94 bits per heavy atom. The zero-order chi connectivity index (χ0) is 12.0. The van der Waals surface area contributed by atoms with Gasteiger partial charge in [-0.05, 0) is 13.3 Å². The fraction of sp³-hybridized carbons (Fsp3) is 0.778. The smallest absolute Gasteiger partial charge is 0.240 e. The number of thioether (sulfide) groups is 1. The van der Waals surface area contributed by atoms with E-state index < -0.39 is 6.10 Å². The second-order valence-electron chi connectivity index (χ2n) is 3.57. The third kappa shape index (κ3) is 4.48. The van der Waals surface area contributed by atoms with Gasteiger partial charge in [0.2, 0.25) is 5.89 Å². The van der Waals surface area contributed by atoms with Gasteiger partial charge in [-0.1, -0.05) is 5.16 Å². The number of hydrogen-bond acceptors (Lipinski definition) is 7. The fourth-order valence-corrected chi connectivity index (χ4v) is 1.63. The number of nitrogens with zero attached hydrogens (tertiary/aromatic N) is 3. The van der Waals surface area contributed by atoms with Gasteiger partial charge in [-0.3, -0.25) is 4.90 Å². The summed E-state index contributed by atoms with van der Waals surface area (Å²) < 4.78 is 5.04. The van der Waals surface area contributed by atoms with Crippen molar-refractivity contribution in [2.45, 2.75) is 18.4 Å². The number of rotatable bonds is 7. The summed E-state index contributed by atoms with van der Waals surface area (Å²) in [4.78, 5) is 6.01. The van der Waals surface area contributed by atoms with Gasteiger partial charge < -0.3 is 14.7 Å². The van der Waals surface area contributed by atoms with E-state index in [1.54, 1.807) is 11.8 Å². The second kappa shape index (κ2) is 6.85.